The molecular formula is C12H11Cl2NO6. The van der Waals surface area contributed by atoms with Crippen LogP contribution in [-0.4, -0.2) is 40.7 Å². The number of aliphatic carboxylic acids is 2. The molecule has 21 heavy (non-hydrogen) atoms. The van der Waals surface area contributed by atoms with Gasteiger partial charge in [0.05, 0.1) is 11.4 Å². The smallest absolute Gasteiger partial charge is 0.326 e. The number of ether oxygens (including phenoxy) is 1. The van der Waals surface area contributed by atoms with Crippen LogP contribution in [-0.2, 0) is 14.4 Å². The summed E-state index contributed by atoms with van der Waals surface area (Å²) in [6, 6.07) is 2.86. The first-order valence-corrected chi connectivity index (χ1v) is 6.37. The molecule has 0 aromatic heterocycles. The van der Waals surface area contributed by atoms with Crippen LogP contribution < -0.4 is 10.1 Å². The van der Waals surface area contributed by atoms with Gasteiger partial charge in [-0.25, -0.2) is 4.79 Å². The standard InChI is InChI=1S/C12H11Cl2NO6/c13-6-1-2-7(14)9(3-6)21-5-10(16)15-8(12(19)20)4-11(17)18/h1-3,8H,4-5H2,(H,15,16)(H,17,18)(H,19,20)/t8-/m0/s1. The summed E-state index contributed by atoms with van der Waals surface area (Å²) in [5.41, 5.74) is 0. The average molecular weight is 336 g/mol. The fourth-order valence-corrected chi connectivity index (χ4v) is 1.68. The van der Waals surface area contributed by atoms with Crippen LogP contribution in [0.25, 0.3) is 0 Å². The van der Waals surface area contributed by atoms with Gasteiger partial charge in [0.25, 0.3) is 5.91 Å². The highest BCUT2D eigenvalue weighted by Crippen LogP contribution is 2.27. The van der Waals surface area contributed by atoms with E-state index in [4.69, 9.17) is 38.2 Å². The molecular weight excluding hydrogens is 325 g/mol. The Morgan fingerprint density at radius 2 is 1.90 bits per heavy atom. The second kappa shape index (κ2) is 7.70. The summed E-state index contributed by atoms with van der Waals surface area (Å²) in [6.07, 6.45) is -0.737. The van der Waals surface area contributed by atoms with Gasteiger partial charge >= 0.3 is 11.9 Å². The molecule has 9 heteroatoms. The maximum absolute atomic E-state index is 11.5. The largest absolute Gasteiger partial charge is 0.482 e. The Bertz CT molecular complexity index is 563. The molecule has 1 aromatic rings. The number of amides is 1. The molecule has 7 nitrogen and oxygen atoms in total. The van der Waals surface area contributed by atoms with E-state index in [0.717, 1.165) is 0 Å². The van der Waals surface area contributed by atoms with Crippen molar-refractivity contribution in [1.29, 1.82) is 0 Å². The minimum absolute atomic E-state index is 0.157. The first-order valence-electron chi connectivity index (χ1n) is 5.61. The van der Waals surface area contributed by atoms with Crippen molar-refractivity contribution in [1.82, 2.24) is 5.32 Å². The number of carbonyl (C=O) groups excluding carboxylic acids is 1. The molecule has 1 aromatic carbocycles. The van der Waals surface area contributed by atoms with Crippen LogP contribution in [0.15, 0.2) is 18.2 Å². The van der Waals surface area contributed by atoms with Crippen molar-refractivity contribution in [3.05, 3.63) is 28.2 Å². The summed E-state index contributed by atoms with van der Waals surface area (Å²) in [5.74, 6) is -3.43. The SMILES string of the molecule is O=C(O)C[C@H](NC(=O)COc1cc(Cl)ccc1Cl)C(=O)O. The summed E-state index contributed by atoms with van der Waals surface area (Å²) >= 11 is 11.6. The lowest BCUT2D eigenvalue weighted by Gasteiger charge is -2.13. The minimum atomic E-state index is -1.53. The molecule has 0 bridgehead atoms. The van der Waals surface area contributed by atoms with E-state index in [0.29, 0.717) is 5.02 Å². The monoisotopic (exact) mass is 335 g/mol. The van der Waals surface area contributed by atoms with E-state index in [2.05, 4.69) is 0 Å². The molecule has 0 heterocycles. The third-order valence-electron chi connectivity index (χ3n) is 2.26. The highest BCUT2D eigenvalue weighted by atomic mass is 35.5. The number of carboxylic acid groups (broad SMARTS) is 2. The summed E-state index contributed by atoms with van der Waals surface area (Å²) in [6.45, 7) is -0.524. The van der Waals surface area contributed by atoms with Crippen LogP contribution in [0.3, 0.4) is 0 Å². The quantitative estimate of drug-likeness (QED) is 0.694. The molecule has 0 fully saturated rings. The highest BCUT2D eigenvalue weighted by Gasteiger charge is 2.23. The van der Waals surface area contributed by atoms with Crippen molar-refractivity contribution in [3.8, 4) is 5.75 Å². The molecule has 1 rings (SSSR count). The molecule has 114 valence electrons. The molecule has 0 aliphatic carbocycles. The molecule has 0 radical (unpaired) electrons. The number of carboxylic acids is 2. The molecule has 0 unspecified atom stereocenters. The number of hydrogen-bond donors (Lipinski definition) is 3. The van der Waals surface area contributed by atoms with Crippen molar-refractivity contribution >= 4 is 41.0 Å². The average Bonchev–Trinajstić information content (AvgIpc) is 2.38. The van der Waals surface area contributed by atoms with E-state index >= 15 is 0 Å². The summed E-state index contributed by atoms with van der Waals surface area (Å²) in [4.78, 5) is 32.8. The van der Waals surface area contributed by atoms with Crippen LogP contribution in [0.4, 0.5) is 0 Å². The van der Waals surface area contributed by atoms with E-state index in [1.807, 2.05) is 5.32 Å². The van der Waals surface area contributed by atoms with E-state index < -0.39 is 36.9 Å². The lowest BCUT2D eigenvalue weighted by molar-refractivity contribution is -0.147. The van der Waals surface area contributed by atoms with E-state index in [1.54, 1.807) is 0 Å². The lowest BCUT2D eigenvalue weighted by Crippen LogP contribution is -2.44. The van der Waals surface area contributed by atoms with Gasteiger partial charge in [-0.2, -0.15) is 0 Å². The van der Waals surface area contributed by atoms with Crippen LogP contribution in [0.5, 0.6) is 5.75 Å². The normalized spacial score (nSPS) is 11.5. The van der Waals surface area contributed by atoms with Gasteiger partial charge in [-0.3, -0.25) is 9.59 Å². The third kappa shape index (κ3) is 5.88. The number of halogens is 2. The van der Waals surface area contributed by atoms with Gasteiger partial charge in [0.15, 0.2) is 6.61 Å². The zero-order valence-corrected chi connectivity index (χ0v) is 12.0. The predicted octanol–water partition coefficient (Wildman–Crippen LogP) is 1.42. The molecule has 0 saturated heterocycles. The Kier molecular flexibility index (Phi) is 6.26. The Labute approximate surface area is 129 Å². The maximum Gasteiger partial charge on any atom is 0.326 e. The molecule has 1 amide bonds. The maximum atomic E-state index is 11.5. The van der Waals surface area contributed by atoms with Crippen molar-refractivity contribution in [2.75, 3.05) is 6.61 Å². The van der Waals surface area contributed by atoms with Crippen LogP contribution >= 0.6 is 23.2 Å². The fraction of sp³-hybridized carbons (Fsp3) is 0.250. The number of nitrogens with one attached hydrogen (secondary N) is 1. The third-order valence-corrected chi connectivity index (χ3v) is 2.81. The van der Waals surface area contributed by atoms with Gasteiger partial charge in [-0.1, -0.05) is 23.2 Å². The van der Waals surface area contributed by atoms with Crippen LogP contribution in [0.1, 0.15) is 6.42 Å². The topological polar surface area (TPSA) is 113 Å². The van der Waals surface area contributed by atoms with Gasteiger partial charge in [-0.15, -0.1) is 0 Å². The first-order chi connectivity index (χ1) is 9.79. The minimum Gasteiger partial charge on any atom is -0.482 e. The fourth-order valence-electron chi connectivity index (χ4n) is 1.34. The van der Waals surface area contributed by atoms with E-state index in [9.17, 15) is 14.4 Å². The molecule has 1 atom stereocenters. The Morgan fingerprint density at radius 1 is 1.24 bits per heavy atom. The predicted molar refractivity (Wildman–Crippen MR) is 73.8 cm³/mol. The van der Waals surface area contributed by atoms with Gasteiger partial charge in [0.2, 0.25) is 0 Å². The molecule has 0 aliphatic heterocycles. The lowest BCUT2D eigenvalue weighted by atomic mass is 10.2. The second-order valence-electron chi connectivity index (χ2n) is 3.92. The Morgan fingerprint density at radius 3 is 2.48 bits per heavy atom. The number of carbonyl (C=O) groups is 3. The second-order valence-corrected chi connectivity index (χ2v) is 4.76. The number of benzene rings is 1. The molecule has 0 aliphatic rings. The van der Waals surface area contributed by atoms with Crippen molar-refractivity contribution in [2.45, 2.75) is 12.5 Å². The highest BCUT2D eigenvalue weighted by molar-refractivity contribution is 6.34. The van der Waals surface area contributed by atoms with Crippen LogP contribution in [0.2, 0.25) is 10.0 Å². The zero-order valence-electron chi connectivity index (χ0n) is 10.5. The zero-order chi connectivity index (χ0) is 16.0. The van der Waals surface area contributed by atoms with Crippen molar-refractivity contribution in [2.24, 2.45) is 0 Å². The van der Waals surface area contributed by atoms with Gasteiger partial charge < -0.3 is 20.3 Å². The summed E-state index contributed by atoms with van der Waals surface area (Å²) in [5, 5.41) is 19.9. The van der Waals surface area contributed by atoms with E-state index in [1.165, 1.54) is 18.2 Å². The van der Waals surface area contributed by atoms with Crippen LogP contribution in [0, 0.1) is 0 Å². The molecule has 0 spiro atoms. The van der Waals surface area contributed by atoms with Gasteiger partial charge in [0, 0.05) is 11.1 Å². The van der Waals surface area contributed by atoms with Crippen molar-refractivity contribution < 1.29 is 29.3 Å². The number of hydrogen-bond acceptors (Lipinski definition) is 4. The number of rotatable bonds is 7. The summed E-state index contributed by atoms with van der Waals surface area (Å²) in [7, 11) is 0. The van der Waals surface area contributed by atoms with Crippen molar-refractivity contribution in [3.63, 3.8) is 0 Å². The molecule has 0 saturated carbocycles. The van der Waals surface area contributed by atoms with Gasteiger partial charge in [-0.05, 0) is 12.1 Å². The van der Waals surface area contributed by atoms with Gasteiger partial charge in [0.1, 0.15) is 11.8 Å². The Hall–Kier alpha value is -1.99. The summed E-state index contributed by atoms with van der Waals surface area (Å²) < 4.78 is 5.10. The van der Waals surface area contributed by atoms with E-state index in [-0.39, 0.29) is 10.8 Å². The Balaban J connectivity index is 2.58. The first kappa shape index (κ1) is 17.1. The molecule has 3 N–H and O–H groups in total.